The minimum Gasteiger partial charge on any atom is -0.481 e. The number of aliphatic carboxylic acids is 1. The first-order valence-corrected chi connectivity index (χ1v) is 8.15. The monoisotopic (exact) mass is 340 g/mol. The van der Waals surface area contributed by atoms with Crippen LogP contribution in [0.5, 0.6) is 0 Å². The lowest BCUT2D eigenvalue weighted by Gasteiger charge is -2.19. The highest BCUT2D eigenvalue weighted by Gasteiger charge is 2.19. The van der Waals surface area contributed by atoms with Gasteiger partial charge in [-0.25, -0.2) is 0 Å². The second kappa shape index (κ2) is 9.53. The van der Waals surface area contributed by atoms with Gasteiger partial charge in [-0.05, 0) is 42.4 Å². The summed E-state index contributed by atoms with van der Waals surface area (Å²) in [4.78, 5) is 23.0. The molecule has 128 valence electrons. The standard InChI is InChI=1S/C17H25ClN2O3/c1-11(2)7-13(9-16(21)22)10-20-17(23)15(19)8-12-3-5-14(18)6-4-12/h3-6,11,13,15H,7-10,19H2,1-2H3,(H,20,23)(H,21,22)/t13-,15+/m0/s1. The molecule has 5 nitrogen and oxygen atoms in total. The fourth-order valence-electron chi connectivity index (χ4n) is 2.50. The van der Waals surface area contributed by atoms with Crippen LogP contribution in [0, 0.1) is 11.8 Å². The minimum atomic E-state index is -0.852. The Hall–Kier alpha value is -1.59. The van der Waals surface area contributed by atoms with Gasteiger partial charge in [0.05, 0.1) is 6.04 Å². The Morgan fingerprint density at radius 2 is 1.87 bits per heavy atom. The van der Waals surface area contributed by atoms with Crippen molar-refractivity contribution in [1.29, 1.82) is 0 Å². The molecule has 0 saturated carbocycles. The van der Waals surface area contributed by atoms with Gasteiger partial charge in [0.1, 0.15) is 0 Å². The third kappa shape index (κ3) is 8.00. The molecular weight excluding hydrogens is 316 g/mol. The average Bonchev–Trinajstić information content (AvgIpc) is 2.45. The molecule has 0 spiro atoms. The van der Waals surface area contributed by atoms with Crippen LogP contribution in [0.1, 0.15) is 32.3 Å². The van der Waals surface area contributed by atoms with Crippen LogP contribution in [0.3, 0.4) is 0 Å². The summed E-state index contributed by atoms with van der Waals surface area (Å²) in [5.41, 5.74) is 6.85. The van der Waals surface area contributed by atoms with Crippen LogP contribution >= 0.6 is 11.6 Å². The summed E-state index contributed by atoms with van der Waals surface area (Å²) >= 11 is 5.82. The third-order valence-corrected chi connectivity index (χ3v) is 3.79. The molecule has 0 aliphatic rings. The van der Waals surface area contributed by atoms with E-state index < -0.39 is 12.0 Å². The number of nitrogens with one attached hydrogen (secondary N) is 1. The Balaban J connectivity index is 2.49. The summed E-state index contributed by atoms with van der Waals surface area (Å²) in [7, 11) is 0. The molecule has 1 amide bonds. The second-order valence-electron chi connectivity index (χ2n) is 6.28. The molecule has 1 rings (SSSR count). The highest BCUT2D eigenvalue weighted by atomic mass is 35.5. The topological polar surface area (TPSA) is 92.4 Å². The second-order valence-corrected chi connectivity index (χ2v) is 6.71. The lowest BCUT2D eigenvalue weighted by Crippen LogP contribution is -2.44. The molecule has 0 heterocycles. The van der Waals surface area contributed by atoms with Crippen LogP contribution in [0.15, 0.2) is 24.3 Å². The molecule has 1 aromatic rings. The Bertz CT molecular complexity index is 517. The molecule has 2 atom stereocenters. The van der Waals surface area contributed by atoms with E-state index in [0.717, 1.165) is 12.0 Å². The molecule has 0 aliphatic heterocycles. The summed E-state index contributed by atoms with van der Waals surface area (Å²) in [5, 5.41) is 12.3. The van der Waals surface area contributed by atoms with Gasteiger partial charge in [0, 0.05) is 18.0 Å². The molecule has 0 aliphatic carbocycles. The maximum absolute atomic E-state index is 12.1. The lowest BCUT2D eigenvalue weighted by atomic mass is 9.94. The van der Waals surface area contributed by atoms with E-state index in [-0.39, 0.29) is 18.2 Å². The molecule has 0 fully saturated rings. The van der Waals surface area contributed by atoms with Crippen molar-refractivity contribution in [2.75, 3.05) is 6.54 Å². The van der Waals surface area contributed by atoms with E-state index in [4.69, 9.17) is 22.4 Å². The predicted molar refractivity (Wildman–Crippen MR) is 91.3 cm³/mol. The molecule has 0 aromatic heterocycles. The molecule has 4 N–H and O–H groups in total. The largest absolute Gasteiger partial charge is 0.481 e. The lowest BCUT2D eigenvalue weighted by molar-refractivity contribution is -0.138. The van der Waals surface area contributed by atoms with Crippen molar-refractivity contribution in [3.8, 4) is 0 Å². The van der Waals surface area contributed by atoms with Crippen molar-refractivity contribution in [2.24, 2.45) is 17.6 Å². The third-order valence-electron chi connectivity index (χ3n) is 3.54. The Labute approximate surface area is 142 Å². The van der Waals surface area contributed by atoms with E-state index in [1.54, 1.807) is 12.1 Å². The number of carbonyl (C=O) groups excluding carboxylic acids is 1. The predicted octanol–water partition coefficient (Wildman–Crippen LogP) is 2.46. The van der Waals surface area contributed by atoms with Gasteiger partial charge in [0.15, 0.2) is 0 Å². The van der Waals surface area contributed by atoms with Gasteiger partial charge in [0.2, 0.25) is 5.91 Å². The maximum atomic E-state index is 12.1. The van der Waals surface area contributed by atoms with Crippen molar-refractivity contribution in [3.05, 3.63) is 34.9 Å². The normalized spacial score (nSPS) is 13.6. The van der Waals surface area contributed by atoms with Crippen LogP contribution in [0.25, 0.3) is 0 Å². The number of benzene rings is 1. The zero-order chi connectivity index (χ0) is 17.4. The molecule has 6 heteroatoms. The number of rotatable bonds is 9. The number of hydrogen-bond acceptors (Lipinski definition) is 3. The fourth-order valence-corrected chi connectivity index (χ4v) is 2.62. The van der Waals surface area contributed by atoms with Gasteiger partial charge in [-0.1, -0.05) is 37.6 Å². The van der Waals surface area contributed by atoms with E-state index in [2.05, 4.69) is 5.32 Å². The van der Waals surface area contributed by atoms with Gasteiger partial charge >= 0.3 is 5.97 Å². The quantitative estimate of drug-likeness (QED) is 0.643. The first-order chi connectivity index (χ1) is 10.8. The number of hydrogen-bond donors (Lipinski definition) is 3. The van der Waals surface area contributed by atoms with Crippen molar-refractivity contribution < 1.29 is 14.7 Å². The van der Waals surface area contributed by atoms with E-state index in [1.165, 1.54) is 0 Å². The first-order valence-electron chi connectivity index (χ1n) is 7.77. The number of amides is 1. The van der Waals surface area contributed by atoms with Gasteiger partial charge in [0.25, 0.3) is 0 Å². The van der Waals surface area contributed by atoms with Crippen molar-refractivity contribution in [2.45, 2.75) is 39.2 Å². The molecule has 23 heavy (non-hydrogen) atoms. The summed E-state index contributed by atoms with van der Waals surface area (Å²) in [6.45, 7) is 4.39. The molecule has 0 unspecified atom stereocenters. The summed E-state index contributed by atoms with van der Waals surface area (Å²) in [5.74, 6) is -0.826. The van der Waals surface area contributed by atoms with E-state index in [9.17, 15) is 9.59 Å². The van der Waals surface area contributed by atoms with Crippen molar-refractivity contribution in [1.82, 2.24) is 5.32 Å². The SMILES string of the molecule is CC(C)C[C@H](CNC(=O)[C@H](N)Cc1ccc(Cl)cc1)CC(=O)O. The number of carbonyl (C=O) groups is 2. The van der Waals surface area contributed by atoms with Gasteiger partial charge in [-0.3, -0.25) is 9.59 Å². The van der Waals surface area contributed by atoms with Crippen LogP contribution < -0.4 is 11.1 Å². The minimum absolute atomic E-state index is 0.0465. The summed E-state index contributed by atoms with van der Waals surface area (Å²) < 4.78 is 0. The zero-order valence-electron chi connectivity index (χ0n) is 13.6. The van der Waals surface area contributed by atoms with Crippen molar-refractivity contribution >= 4 is 23.5 Å². The molecular formula is C17H25ClN2O3. The Kier molecular flexibility index (Phi) is 8.06. The van der Waals surface area contributed by atoms with Crippen LogP contribution in [-0.4, -0.2) is 29.6 Å². The average molecular weight is 341 g/mol. The Morgan fingerprint density at radius 1 is 1.26 bits per heavy atom. The number of halogens is 1. The van der Waals surface area contributed by atoms with Gasteiger partial charge in [-0.15, -0.1) is 0 Å². The smallest absolute Gasteiger partial charge is 0.303 e. The number of carboxylic acid groups (broad SMARTS) is 1. The number of nitrogens with two attached hydrogens (primary N) is 1. The summed E-state index contributed by atoms with van der Waals surface area (Å²) in [6, 6.07) is 6.52. The molecule has 0 bridgehead atoms. The highest BCUT2D eigenvalue weighted by molar-refractivity contribution is 6.30. The maximum Gasteiger partial charge on any atom is 0.303 e. The van der Waals surface area contributed by atoms with Crippen LogP contribution in [0.2, 0.25) is 5.02 Å². The Morgan fingerprint density at radius 3 is 2.39 bits per heavy atom. The van der Waals surface area contributed by atoms with Crippen molar-refractivity contribution in [3.63, 3.8) is 0 Å². The summed E-state index contributed by atoms with van der Waals surface area (Å²) in [6.07, 6.45) is 1.21. The molecule has 0 saturated heterocycles. The molecule has 1 aromatic carbocycles. The zero-order valence-corrected chi connectivity index (χ0v) is 14.3. The van der Waals surface area contributed by atoms with Crippen LogP contribution in [-0.2, 0) is 16.0 Å². The number of carboxylic acids is 1. The van der Waals surface area contributed by atoms with E-state index >= 15 is 0 Å². The highest BCUT2D eigenvalue weighted by Crippen LogP contribution is 2.15. The molecule has 0 radical (unpaired) electrons. The van der Waals surface area contributed by atoms with Crippen LogP contribution in [0.4, 0.5) is 0 Å². The van der Waals surface area contributed by atoms with E-state index in [0.29, 0.717) is 23.9 Å². The fraction of sp³-hybridized carbons (Fsp3) is 0.529. The van der Waals surface area contributed by atoms with Gasteiger partial charge < -0.3 is 16.2 Å². The van der Waals surface area contributed by atoms with E-state index in [1.807, 2.05) is 26.0 Å². The van der Waals surface area contributed by atoms with Gasteiger partial charge in [-0.2, -0.15) is 0 Å². The first kappa shape index (κ1) is 19.5.